The van der Waals surface area contributed by atoms with Crippen molar-refractivity contribution >= 4 is 23.4 Å². The molecule has 1 aromatic carbocycles. The number of hydrogen-bond acceptors (Lipinski definition) is 7. The highest BCUT2D eigenvalue weighted by molar-refractivity contribution is 7.99. The highest BCUT2D eigenvalue weighted by Crippen LogP contribution is 2.26. The molecule has 0 unspecified atom stereocenters. The summed E-state index contributed by atoms with van der Waals surface area (Å²) in [7, 11) is 0. The number of hydrogen-bond donors (Lipinski definition) is 0. The van der Waals surface area contributed by atoms with Crippen molar-refractivity contribution < 1.29 is 14.1 Å². The van der Waals surface area contributed by atoms with Crippen molar-refractivity contribution in [3.8, 4) is 11.5 Å². The average molecular weight is 362 g/mol. The SMILES string of the molecule is CC1CCN(C(=O)CSc2nnc(-c3cccc([N+](=O)[O-])c3)o2)CC1. The third kappa shape index (κ3) is 4.36. The van der Waals surface area contributed by atoms with Gasteiger partial charge < -0.3 is 9.32 Å². The number of nitro groups is 1. The van der Waals surface area contributed by atoms with E-state index >= 15 is 0 Å². The molecule has 0 radical (unpaired) electrons. The Kier molecular flexibility index (Phi) is 5.32. The molecule has 132 valence electrons. The van der Waals surface area contributed by atoms with Gasteiger partial charge in [0.2, 0.25) is 11.8 Å². The maximum absolute atomic E-state index is 12.2. The Hall–Kier alpha value is -2.42. The smallest absolute Gasteiger partial charge is 0.277 e. The number of rotatable bonds is 5. The Morgan fingerprint density at radius 3 is 2.88 bits per heavy atom. The molecule has 8 nitrogen and oxygen atoms in total. The van der Waals surface area contributed by atoms with Crippen LogP contribution in [0.4, 0.5) is 5.69 Å². The van der Waals surface area contributed by atoms with E-state index in [0.717, 1.165) is 25.9 Å². The molecule has 1 saturated heterocycles. The minimum absolute atomic E-state index is 0.0422. The molecule has 0 N–H and O–H groups in total. The Labute approximate surface area is 148 Å². The van der Waals surface area contributed by atoms with Gasteiger partial charge in [-0.1, -0.05) is 24.8 Å². The fourth-order valence-electron chi connectivity index (χ4n) is 2.61. The van der Waals surface area contributed by atoms with Crippen molar-refractivity contribution in [2.75, 3.05) is 18.8 Å². The van der Waals surface area contributed by atoms with Crippen LogP contribution in [0.25, 0.3) is 11.5 Å². The molecule has 3 rings (SSSR count). The maximum Gasteiger partial charge on any atom is 0.277 e. The molecule has 0 bridgehead atoms. The van der Waals surface area contributed by atoms with Crippen molar-refractivity contribution in [1.29, 1.82) is 0 Å². The molecule has 0 atom stereocenters. The lowest BCUT2D eigenvalue weighted by Gasteiger charge is -2.30. The lowest BCUT2D eigenvalue weighted by Crippen LogP contribution is -2.38. The molecule has 1 fully saturated rings. The summed E-state index contributed by atoms with van der Waals surface area (Å²) in [6.07, 6.45) is 2.07. The molecule has 1 aromatic heterocycles. The zero-order chi connectivity index (χ0) is 17.8. The summed E-state index contributed by atoms with van der Waals surface area (Å²) in [6.45, 7) is 3.79. The number of aromatic nitrogens is 2. The van der Waals surface area contributed by atoms with E-state index in [2.05, 4.69) is 17.1 Å². The Morgan fingerprint density at radius 1 is 1.40 bits per heavy atom. The summed E-state index contributed by atoms with van der Waals surface area (Å²) >= 11 is 1.18. The van der Waals surface area contributed by atoms with Crippen LogP contribution in [0.1, 0.15) is 19.8 Å². The van der Waals surface area contributed by atoms with E-state index < -0.39 is 4.92 Å². The van der Waals surface area contributed by atoms with Crippen LogP contribution in [0.5, 0.6) is 0 Å². The van der Waals surface area contributed by atoms with Crippen molar-refractivity contribution in [3.63, 3.8) is 0 Å². The first-order valence-corrected chi connectivity index (χ1v) is 9.00. The number of amides is 1. The Morgan fingerprint density at radius 2 is 2.16 bits per heavy atom. The van der Waals surface area contributed by atoms with Crippen molar-refractivity contribution in [2.45, 2.75) is 25.0 Å². The fraction of sp³-hybridized carbons (Fsp3) is 0.438. The highest BCUT2D eigenvalue weighted by Gasteiger charge is 2.21. The number of thioether (sulfide) groups is 1. The summed E-state index contributed by atoms with van der Waals surface area (Å²) < 4.78 is 5.51. The monoisotopic (exact) mass is 362 g/mol. The van der Waals surface area contributed by atoms with Crippen LogP contribution in [0.15, 0.2) is 33.9 Å². The Bertz CT molecular complexity index is 771. The molecule has 25 heavy (non-hydrogen) atoms. The van der Waals surface area contributed by atoms with Crippen LogP contribution in [-0.4, -0.2) is 44.8 Å². The number of benzene rings is 1. The number of nitrogens with zero attached hydrogens (tertiary/aromatic N) is 4. The summed E-state index contributed by atoms with van der Waals surface area (Å²) in [6, 6.07) is 6.00. The first kappa shape index (κ1) is 17.4. The fourth-order valence-corrected chi connectivity index (χ4v) is 3.28. The van der Waals surface area contributed by atoms with Gasteiger partial charge in [0, 0.05) is 30.8 Å². The van der Waals surface area contributed by atoms with E-state index in [1.54, 1.807) is 12.1 Å². The van der Waals surface area contributed by atoms with Crippen LogP contribution in [-0.2, 0) is 4.79 Å². The lowest BCUT2D eigenvalue weighted by atomic mass is 9.99. The third-order valence-corrected chi connectivity index (χ3v) is 4.97. The van der Waals surface area contributed by atoms with E-state index in [4.69, 9.17) is 4.42 Å². The van der Waals surface area contributed by atoms with Crippen LogP contribution in [0.2, 0.25) is 0 Å². The molecular weight excluding hydrogens is 344 g/mol. The normalized spacial score (nSPS) is 15.3. The molecule has 1 aliphatic heterocycles. The standard InChI is InChI=1S/C16H18N4O4S/c1-11-5-7-19(8-6-11)14(21)10-25-16-18-17-15(24-16)12-3-2-4-13(9-12)20(22)23/h2-4,9,11H,5-8,10H2,1H3. The largest absolute Gasteiger partial charge is 0.411 e. The number of likely N-dealkylation sites (tertiary alicyclic amines) is 1. The van der Waals surface area contributed by atoms with Gasteiger partial charge in [-0.05, 0) is 24.8 Å². The second-order valence-corrected chi connectivity index (χ2v) is 6.96. The van der Waals surface area contributed by atoms with E-state index in [0.29, 0.717) is 11.5 Å². The summed E-state index contributed by atoms with van der Waals surface area (Å²) in [4.78, 5) is 24.4. The zero-order valence-corrected chi connectivity index (χ0v) is 14.6. The minimum Gasteiger partial charge on any atom is -0.411 e. The second kappa shape index (κ2) is 7.64. The van der Waals surface area contributed by atoms with Crippen LogP contribution in [0, 0.1) is 16.0 Å². The molecule has 0 spiro atoms. The zero-order valence-electron chi connectivity index (χ0n) is 13.8. The number of nitro benzene ring substituents is 1. The van der Waals surface area contributed by atoms with Gasteiger partial charge in [0.1, 0.15) is 0 Å². The topological polar surface area (TPSA) is 102 Å². The lowest BCUT2D eigenvalue weighted by molar-refractivity contribution is -0.384. The highest BCUT2D eigenvalue weighted by atomic mass is 32.2. The predicted octanol–water partition coefficient (Wildman–Crippen LogP) is 3.00. The average Bonchev–Trinajstić information content (AvgIpc) is 3.09. The third-order valence-electron chi connectivity index (χ3n) is 4.17. The molecule has 2 aromatic rings. The van der Waals surface area contributed by atoms with Crippen molar-refractivity contribution in [1.82, 2.24) is 15.1 Å². The van der Waals surface area contributed by atoms with Crippen LogP contribution >= 0.6 is 11.8 Å². The van der Waals surface area contributed by atoms with Crippen LogP contribution < -0.4 is 0 Å². The van der Waals surface area contributed by atoms with Gasteiger partial charge in [-0.25, -0.2) is 0 Å². The van der Waals surface area contributed by atoms with E-state index in [9.17, 15) is 14.9 Å². The molecule has 0 saturated carbocycles. The van der Waals surface area contributed by atoms with E-state index in [1.165, 1.54) is 23.9 Å². The van der Waals surface area contributed by atoms with Gasteiger partial charge in [0.25, 0.3) is 10.9 Å². The van der Waals surface area contributed by atoms with Gasteiger partial charge in [0.15, 0.2) is 0 Å². The van der Waals surface area contributed by atoms with E-state index in [-0.39, 0.29) is 28.5 Å². The minimum atomic E-state index is -0.478. The summed E-state index contributed by atoms with van der Waals surface area (Å²) in [5.74, 6) is 1.17. The molecule has 2 heterocycles. The van der Waals surface area contributed by atoms with Crippen LogP contribution in [0.3, 0.4) is 0 Å². The quantitative estimate of drug-likeness (QED) is 0.457. The molecular formula is C16H18N4O4S. The van der Waals surface area contributed by atoms with Gasteiger partial charge >= 0.3 is 0 Å². The predicted molar refractivity (Wildman–Crippen MR) is 92.1 cm³/mol. The number of carbonyl (C=O) groups is 1. The number of non-ortho nitro benzene ring substituents is 1. The number of piperidine rings is 1. The first-order valence-electron chi connectivity index (χ1n) is 8.02. The number of carbonyl (C=O) groups excluding carboxylic acids is 1. The summed E-state index contributed by atoms with van der Waals surface area (Å²) in [5, 5.41) is 18.9. The van der Waals surface area contributed by atoms with Gasteiger partial charge in [0.05, 0.1) is 10.7 Å². The van der Waals surface area contributed by atoms with Gasteiger partial charge in [-0.3, -0.25) is 14.9 Å². The molecule has 1 amide bonds. The molecule has 1 aliphatic rings. The van der Waals surface area contributed by atoms with E-state index in [1.807, 2.05) is 4.90 Å². The maximum atomic E-state index is 12.2. The first-order chi connectivity index (χ1) is 12.0. The molecule has 9 heteroatoms. The van der Waals surface area contributed by atoms with Gasteiger partial charge in [-0.2, -0.15) is 0 Å². The summed E-state index contributed by atoms with van der Waals surface area (Å²) in [5.41, 5.74) is 0.435. The van der Waals surface area contributed by atoms with Crippen molar-refractivity contribution in [2.24, 2.45) is 5.92 Å². The Balaban J connectivity index is 1.59. The second-order valence-electron chi connectivity index (χ2n) is 6.03. The van der Waals surface area contributed by atoms with Crippen molar-refractivity contribution in [3.05, 3.63) is 34.4 Å². The molecule has 0 aliphatic carbocycles. The van der Waals surface area contributed by atoms with Gasteiger partial charge in [-0.15, -0.1) is 10.2 Å².